The normalized spacial score (nSPS) is 11.3. The first-order valence-corrected chi connectivity index (χ1v) is 8.16. The van der Waals surface area contributed by atoms with Crippen LogP contribution in [0.2, 0.25) is 0 Å². The second-order valence-corrected chi connectivity index (χ2v) is 6.28. The summed E-state index contributed by atoms with van der Waals surface area (Å²) in [5.41, 5.74) is 2.10. The smallest absolute Gasteiger partial charge is 0.139 e. The number of thiophene rings is 1. The Morgan fingerprint density at radius 2 is 1.96 bits per heavy atom. The molecule has 120 valence electrons. The number of pyridine rings is 1. The van der Waals surface area contributed by atoms with Crippen LogP contribution in [0.3, 0.4) is 0 Å². The maximum Gasteiger partial charge on any atom is 0.139 e. The van der Waals surface area contributed by atoms with Crippen molar-refractivity contribution in [3.05, 3.63) is 71.4 Å². The molecule has 3 heterocycles. The van der Waals surface area contributed by atoms with Gasteiger partial charge in [0, 0.05) is 29.1 Å². The van der Waals surface area contributed by atoms with Gasteiger partial charge in [-0.3, -0.25) is 0 Å². The zero-order chi connectivity index (χ0) is 16.7. The van der Waals surface area contributed by atoms with Crippen LogP contribution in [0.1, 0.15) is 5.56 Å². The zero-order valence-corrected chi connectivity index (χ0v) is 13.2. The van der Waals surface area contributed by atoms with E-state index in [0.29, 0.717) is 5.56 Å². The first-order valence-electron chi connectivity index (χ1n) is 7.28. The minimum absolute atomic E-state index is 0.244. The predicted octanol–water partition coefficient (Wildman–Crippen LogP) is 4.50. The summed E-state index contributed by atoms with van der Waals surface area (Å²) in [7, 11) is 0. The lowest BCUT2D eigenvalue weighted by molar-refractivity contribution is 0.269. The molecule has 0 aliphatic carbocycles. The molecule has 24 heavy (non-hydrogen) atoms. The van der Waals surface area contributed by atoms with Crippen LogP contribution < -0.4 is 0 Å². The molecule has 0 aliphatic heterocycles. The summed E-state index contributed by atoms with van der Waals surface area (Å²) in [6.45, 7) is -0.679. The molecular weight excluding hydrogens is 330 g/mol. The molecule has 0 bridgehead atoms. The minimum Gasteiger partial charge on any atom is -0.391 e. The van der Waals surface area contributed by atoms with E-state index in [-0.39, 0.29) is 11.1 Å². The molecule has 3 aromatic heterocycles. The van der Waals surface area contributed by atoms with Crippen molar-refractivity contribution in [3.8, 4) is 21.7 Å². The van der Waals surface area contributed by atoms with Gasteiger partial charge in [0.05, 0.1) is 17.2 Å². The van der Waals surface area contributed by atoms with Crippen molar-refractivity contribution in [1.82, 2.24) is 9.38 Å². The molecule has 0 saturated heterocycles. The molecule has 0 saturated carbocycles. The van der Waals surface area contributed by atoms with Gasteiger partial charge in [-0.15, -0.1) is 11.3 Å². The fraction of sp³-hybridized carbons (Fsp3) is 0.0556. The molecule has 1 aromatic carbocycles. The van der Waals surface area contributed by atoms with Crippen molar-refractivity contribution in [2.45, 2.75) is 6.61 Å². The van der Waals surface area contributed by atoms with Gasteiger partial charge >= 0.3 is 0 Å². The van der Waals surface area contributed by atoms with Crippen LogP contribution in [0.15, 0.2) is 54.2 Å². The Hall–Kier alpha value is -2.57. The molecule has 4 aromatic rings. The third-order valence-corrected chi connectivity index (χ3v) is 4.77. The number of hydrogen-bond donors (Lipinski definition) is 1. The van der Waals surface area contributed by atoms with E-state index in [4.69, 9.17) is 5.11 Å². The van der Waals surface area contributed by atoms with E-state index in [2.05, 4.69) is 4.98 Å². The highest BCUT2D eigenvalue weighted by atomic mass is 32.1. The molecule has 0 spiro atoms. The van der Waals surface area contributed by atoms with E-state index >= 15 is 0 Å². The van der Waals surface area contributed by atoms with E-state index in [1.165, 1.54) is 12.1 Å². The van der Waals surface area contributed by atoms with Crippen LogP contribution in [-0.2, 0) is 6.61 Å². The number of imidazole rings is 1. The third-order valence-electron chi connectivity index (χ3n) is 3.88. The van der Waals surface area contributed by atoms with Crippen LogP contribution in [0, 0.1) is 11.6 Å². The molecule has 6 heteroatoms. The van der Waals surface area contributed by atoms with Crippen molar-refractivity contribution in [2.24, 2.45) is 0 Å². The number of nitrogens with zero attached hydrogens (tertiary/aromatic N) is 2. The molecule has 0 atom stereocenters. The Morgan fingerprint density at radius 3 is 2.71 bits per heavy atom. The molecular formula is C18H12F2N2OS. The summed E-state index contributed by atoms with van der Waals surface area (Å²) in [5, 5.41) is 11.1. The number of rotatable bonds is 3. The van der Waals surface area contributed by atoms with E-state index in [9.17, 15) is 8.78 Å². The fourth-order valence-electron chi connectivity index (χ4n) is 2.66. The summed E-state index contributed by atoms with van der Waals surface area (Å²) in [5.74, 6) is -1.49. The van der Waals surface area contributed by atoms with Crippen LogP contribution in [0.25, 0.3) is 27.3 Å². The monoisotopic (exact) mass is 342 g/mol. The van der Waals surface area contributed by atoms with Crippen molar-refractivity contribution < 1.29 is 13.9 Å². The maximum absolute atomic E-state index is 14.4. The number of fused-ring (bicyclic) bond motifs is 1. The van der Waals surface area contributed by atoms with Crippen LogP contribution in [-0.4, -0.2) is 14.5 Å². The SMILES string of the molecule is OCc1c(F)ccc(-c2ccc3nc(-c4cccs4)cn3c2)c1F. The Balaban J connectivity index is 1.84. The average molecular weight is 342 g/mol. The topological polar surface area (TPSA) is 37.5 Å². The number of hydrogen-bond acceptors (Lipinski definition) is 3. The summed E-state index contributed by atoms with van der Waals surface area (Å²) in [6.07, 6.45) is 3.62. The lowest BCUT2D eigenvalue weighted by Crippen LogP contribution is -1.98. The average Bonchev–Trinajstić information content (AvgIpc) is 3.24. The van der Waals surface area contributed by atoms with Crippen molar-refractivity contribution in [2.75, 3.05) is 0 Å². The largest absolute Gasteiger partial charge is 0.391 e. The standard InChI is InChI=1S/C18H12F2N2OS/c19-14-5-4-12(18(20)13(14)10-23)11-3-6-17-21-15(9-22(17)8-11)16-2-1-7-24-16/h1-9,23H,10H2. The minimum atomic E-state index is -0.748. The maximum atomic E-state index is 14.4. The predicted molar refractivity (Wildman–Crippen MR) is 89.8 cm³/mol. The molecule has 3 nitrogen and oxygen atoms in total. The number of aliphatic hydroxyl groups excluding tert-OH is 1. The quantitative estimate of drug-likeness (QED) is 0.595. The number of benzene rings is 1. The Bertz CT molecular complexity index is 1030. The lowest BCUT2D eigenvalue weighted by atomic mass is 10.0. The first kappa shape index (κ1) is 15.0. The highest BCUT2D eigenvalue weighted by Crippen LogP contribution is 2.29. The highest BCUT2D eigenvalue weighted by molar-refractivity contribution is 7.13. The molecule has 0 fully saturated rings. The van der Waals surface area contributed by atoms with Gasteiger partial charge in [0.15, 0.2) is 0 Å². The van der Waals surface area contributed by atoms with E-state index in [0.717, 1.165) is 16.2 Å². The van der Waals surface area contributed by atoms with Crippen LogP contribution >= 0.6 is 11.3 Å². The number of aromatic nitrogens is 2. The lowest BCUT2D eigenvalue weighted by Gasteiger charge is -2.08. The Kier molecular flexibility index (Phi) is 3.63. The van der Waals surface area contributed by atoms with Gasteiger partial charge < -0.3 is 9.51 Å². The molecule has 0 unspecified atom stereocenters. The van der Waals surface area contributed by atoms with Gasteiger partial charge in [0.2, 0.25) is 0 Å². The second kappa shape index (κ2) is 5.81. The summed E-state index contributed by atoms with van der Waals surface area (Å²) in [4.78, 5) is 5.59. The van der Waals surface area contributed by atoms with E-state index in [1.807, 2.05) is 28.1 Å². The van der Waals surface area contributed by atoms with Crippen molar-refractivity contribution >= 4 is 17.0 Å². The van der Waals surface area contributed by atoms with E-state index in [1.54, 1.807) is 29.7 Å². The summed E-state index contributed by atoms with van der Waals surface area (Å²) >= 11 is 1.60. The van der Waals surface area contributed by atoms with Crippen LogP contribution in [0.4, 0.5) is 8.78 Å². The number of halogens is 2. The summed E-state index contributed by atoms with van der Waals surface area (Å²) < 4.78 is 29.8. The molecule has 1 N–H and O–H groups in total. The van der Waals surface area contributed by atoms with Gasteiger partial charge in [0.25, 0.3) is 0 Å². The second-order valence-electron chi connectivity index (χ2n) is 5.33. The van der Waals surface area contributed by atoms with Gasteiger partial charge in [-0.05, 0) is 35.7 Å². The molecule has 0 amide bonds. The van der Waals surface area contributed by atoms with Crippen molar-refractivity contribution in [3.63, 3.8) is 0 Å². The van der Waals surface area contributed by atoms with E-state index < -0.39 is 18.2 Å². The van der Waals surface area contributed by atoms with Crippen LogP contribution in [0.5, 0.6) is 0 Å². The number of aliphatic hydroxyl groups is 1. The first-order chi connectivity index (χ1) is 11.7. The Labute approximate surface area is 140 Å². The zero-order valence-electron chi connectivity index (χ0n) is 12.4. The van der Waals surface area contributed by atoms with Gasteiger partial charge in [-0.1, -0.05) is 6.07 Å². The fourth-order valence-corrected chi connectivity index (χ4v) is 3.34. The molecule has 0 aliphatic rings. The molecule has 0 radical (unpaired) electrons. The summed E-state index contributed by atoms with van der Waals surface area (Å²) in [6, 6.07) is 10.0. The molecule has 4 rings (SSSR count). The van der Waals surface area contributed by atoms with Gasteiger partial charge in [-0.25, -0.2) is 13.8 Å². The highest BCUT2D eigenvalue weighted by Gasteiger charge is 2.15. The third kappa shape index (κ3) is 2.40. The van der Waals surface area contributed by atoms with Crippen molar-refractivity contribution in [1.29, 1.82) is 0 Å². The van der Waals surface area contributed by atoms with Gasteiger partial charge in [0.1, 0.15) is 17.3 Å². The Morgan fingerprint density at radius 1 is 1.08 bits per heavy atom. The van der Waals surface area contributed by atoms with Gasteiger partial charge in [-0.2, -0.15) is 0 Å².